The summed E-state index contributed by atoms with van der Waals surface area (Å²) in [5, 5.41) is 0. The molecule has 1 nitrogen and oxygen atoms in total. The molecule has 0 saturated carbocycles. The van der Waals surface area contributed by atoms with Crippen LogP contribution in [0.15, 0.2) is 30.3 Å². The molecular weight excluding hydrogens is 206 g/mol. The molecule has 0 unspecified atom stereocenters. The van der Waals surface area contributed by atoms with Gasteiger partial charge in [-0.25, -0.2) is 0 Å². The minimum Gasteiger partial charge on any atom is -0.198 e. The molecule has 2 rings (SSSR count). The molecule has 0 aliphatic carbocycles. The molecule has 1 aromatic heterocycles. The summed E-state index contributed by atoms with van der Waals surface area (Å²) in [4.78, 5) is 0. The first-order chi connectivity index (χ1) is 8.00. The number of rotatable bonds is 1. The molecule has 0 bridgehead atoms. The number of nitrogens with zero attached hydrogens (tertiary/aromatic N) is 1. The van der Waals surface area contributed by atoms with Gasteiger partial charge >= 0.3 is 0 Å². The summed E-state index contributed by atoms with van der Waals surface area (Å²) in [6.07, 6.45) is 0. The fraction of sp³-hybridized carbons (Fsp3) is 0.312. The van der Waals surface area contributed by atoms with Crippen LogP contribution in [0.5, 0.6) is 0 Å². The maximum absolute atomic E-state index is 2.27. The van der Waals surface area contributed by atoms with Gasteiger partial charge in [0.25, 0.3) is 0 Å². The molecular formula is C16H20N+. The van der Waals surface area contributed by atoms with Crippen LogP contribution in [0.4, 0.5) is 0 Å². The third kappa shape index (κ3) is 2.10. The Labute approximate surface area is 104 Å². The van der Waals surface area contributed by atoms with Crippen LogP contribution in [-0.2, 0) is 7.05 Å². The Kier molecular flexibility index (Phi) is 3.01. The topological polar surface area (TPSA) is 3.88 Å². The van der Waals surface area contributed by atoms with Crippen LogP contribution in [0.25, 0.3) is 11.3 Å². The minimum absolute atomic E-state index is 1.28. The van der Waals surface area contributed by atoms with E-state index in [4.69, 9.17) is 0 Å². The number of aromatic nitrogens is 1. The largest absolute Gasteiger partial charge is 0.215 e. The predicted molar refractivity (Wildman–Crippen MR) is 72.0 cm³/mol. The number of aryl methyl sites for hydroxylation is 4. The van der Waals surface area contributed by atoms with Crippen molar-refractivity contribution in [2.75, 3.05) is 0 Å². The highest BCUT2D eigenvalue weighted by atomic mass is 14.9. The lowest BCUT2D eigenvalue weighted by Gasteiger charge is -2.09. The van der Waals surface area contributed by atoms with Crippen LogP contribution in [0, 0.1) is 27.7 Å². The second-order valence-electron chi connectivity index (χ2n) is 4.88. The van der Waals surface area contributed by atoms with Gasteiger partial charge in [-0.15, -0.1) is 0 Å². The first-order valence-corrected chi connectivity index (χ1v) is 6.04. The lowest BCUT2D eigenvalue weighted by atomic mass is 9.99. The van der Waals surface area contributed by atoms with Crippen molar-refractivity contribution >= 4 is 0 Å². The normalized spacial score (nSPS) is 10.6. The van der Waals surface area contributed by atoms with Crippen molar-refractivity contribution in [2.45, 2.75) is 27.7 Å². The van der Waals surface area contributed by atoms with Crippen molar-refractivity contribution in [1.82, 2.24) is 0 Å². The zero-order valence-electron chi connectivity index (χ0n) is 11.3. The van der Waals surface area contributed by atoms with Gasteiger partial charge in [0.1, 0.15) is 7.05 Å². The second kappa shape index (κ2) is 4.33. The zero-order chi connectivity index (χ0) is 12.6. The van der Waals surface area contributed by atoms with E-state index < -0.39 is 0 Å². The Morgan fingerprint density at radius 1 is 0.824 bits per heavy atom. The molecule has 1 aromatic carbocycles. The number of hydrogen-bond acceptors (Lipinski definition) is 0. The van der Waals surface area contributed by atoms with Gasteiger partial charge in [-0.2, -0.15) is 4.57 Å². The predicted octanol–water partition coefficient (Wildman–Crippen LogP) is 3.41. The van der Waals surface area contributed by atoms with E-state index >= 15 is 0 Å². The lowest BCUT2D eigenvalue weighted by molar-refractivity contribution is -0.667. The fourth-order valence-electron chi connectivity index (χ4n) is 2.26. The number of pyridine rings is 1. The highest BCUT2D eigenvalue weighted by Gasteiger charge is 2.17. The molecule has 0 amide bonds. The summed E-state index contributed by atoms with van der Waals surface area (Å²) in [6, 6.07) is 11.0. The average molecular weight is 226 g/mol. The number of benzene rings is 1. The lowest BCUT2D eigenvalue weighted by Crippen LogP contribution is -2.35. The molecule has 0 atom stereocenters. The Balaban J connectivity index is 2.76. The molecule has 88 valence electrons. The summed E-state index contributed by atoms with van der Waals surface area (Å²) >= 11 is 0. The van der Waals surface area contributed by atoms with Crippen LogP contribution in [0.3, 0.4) is 0 Å². The van der Waals surface area contributed by atoms with Crippen LogP contribution in [0.1, 0.15) is 22.4 Å². The SMILES string of the molecule is Cc1ccc(C)c(-c2c(C)ccc(C)[n+]2C)c1. The van der Waals surface area contributed by atoms with Crippen molar-refractivity contribution in [1.29, 1.82) is 0 Å². The van der Waals surface area contributed by atoms with Gasteiger partial charge in [0.05, 0.1) is 0 Å². The third-order valence-corrected chi connectivity index (χ3v) is 3.46. The van der Waals surface area contributed by atoms with E-state index in [0.29, 0.717) is 0 Å². The van der Waals surface area contributed by atoms with Crippen molar-refractivity contribution in [2.24, 2.45) is 7.05 Å². The van der Waals surface area contributed by atoms with Gasteiger partial charge < -0.3 is 0 Å². The molecule has 0 N–H and O–H groups in total. The fourth-order valence-corrected chi connectivity index (χ4v) is 2.26. The summed E-state index contributed by atoms with van der Waals surface area (Å²) in [6.45, 7) is 8.65. The quantitative estimate of drug-likeness (QED) is 0.656. The molecule has 0 aliphatic rings. The zero-order valence-corrected chi connectivity index (χ0v) is 11.3. The average Bonchev–Trinajstić information content (AvgIpc) is 2.29. The molecule has 0 saturated heterocycles. The standard InChI is InChI=1S/C16H20N/c1-11-6-7-12(2)15(10-11)16-13(3)8-9-14(4)17(16)5/h6-10H,1-5H3/q+1. The first-order valence-electron chi connectivity index (χ1n) is 6.04. The second-order valence-corrected chi connectivity index (χ2v) is 4.88. The minimum atomic E-state index is 1.28. The third-order valence-electron chi connectivity index (χ3n) is 3.46. The van der Waals surface area contributed by atoms with Gasteiger partial charge in [0.15, 0.2) is 5.69 Å². The van der Waals surface area contributed by atoms with Crippen molar-refractivity contribution in [3.05, 3.63) is 52.7 Å². The van der Waals surface area contributed by atoms with E-state index in [1.165, 1.54) is 33.6 Å². The molecule has 1 heteroatoms. The number of hydrogen-bond donors (Lipinski definition) is 0. The van der Waals surface area contributed by atoms with Crippen LogP contribution < -0.4 is 4.57 Å². The van der Waals surface area contributed by atoms with Gasteiger partial charge in [-0.05, 0) is 38.5 Å². The highest BCUT2D eigenvalue weighted by Crippen LogP contribution is 2.24. The van der Waals surface area contributed by atoms with Crippen molar-refractivity contribution in [3.63, 3.8) is 0 Å². The monoisotopic (exact) mass is 226 g/mol. The van der Waals surface area contributed by atoms with Gasteiger partial charge in [-0.1, -0.05) is 17.7 Å². The first kappa shape index (κ1) is 11.8. The molecule has 1 heterocycles. The molecule has 0 aliphatic heterocycles. The molecule has 0 radical (unpaired) electrons. The van der Waals surface area contributed by atoms with Crippen LogP contribution in [-0.4, -0.2) is 0 Å². The van der Waals surface area contributed by atoms with Gasteiger partial charge in [0, 0.05) is 24.1 Å². The van der Waals surface area contributed by atoms with Crippen molar-refractivity contribution < 1.29 is 4.57 Å². The summed E-state index contributed by atoms with van der Waals surface area (Å²) in [5.41, 5.74) is 7.92. The Morgan fingerprint density at radius 2 is 1.47 bits per heavy atom. The van der Waals surface area contributed by atoms with E-state index in [9.17, 15) is 0 Å². The highest BCUT2D eigenvalue weighted by molar-refractivity contribution is 5.64. The van der Waals surface area contributed by atoms with Gasteiger partial charge in [0.2, 0.25) is 5.69 Å². The molecule has 0 spiro atoms. The summed E-state index contributed by atoms with van der Waals surface area (Å²) < 4.78 is 2.27. The van der Waals surface area contributed by atoms with E-state index in [2.05, 4.69) is 69.6 Å². The van der Waals surface area contributed by atoms with E-state index in [1.54, 1.807) is 0 Å². The van der Waals surface area contributed by atoms with E-state index in [0.717, 1.165) is 0 Å². The Hall–Kier alpha value is -1.63. The van der Waals surface area contributed by atoms with Gasteiger partial charge in [-0.3, -0.25) is 0 Å². The molecule has 2 aromatic rings. The smallest absolute Gasteiger partial charge is 0.198 e. The summed E-state index contributed by atoms with van der Waals surface area (Å²) in [5.74, 6) is 0. The molecule has 17 heavy (non-hydrogen) atoms. The Morgan fingerprint density at radius 3 is 2.18 bits per heavy atom. The van der Waals surface area contributed by atoms with Crippen LogP contribution in [0.2, 0.25) is 0 Å². The maximum Gasteiger partial charge on any atom is 0.215 e. The maximum atomic E-state index is 2.27. The molecule has 0 fully saturated rings. The van der Waals surface area contributed by atoms with Crippen molar-refractivity contribution in [3.8, 4) is 11.3 Å². The summed E-state index contributed by atoms with van der Waals surface area (Å²) in [7, 11) is 2.14. The van der Waals surface area contributed by atoms with E-state index in [1.807, 2.05) is 0 Å². The Bertz CT molecular complexity index is 568. The van der Waals surface area contributed by atoms with E-state index in [-0.39, 0.29) is 0 Å². The van der Waals surface area contributed by atoms with Crippen LogP contribution >= 0.6 is 0 Å².